The van der Waals surface area contributed by atoms with Crippen LogP contribution in [-0.4, -0.2) is 23.9 Å². The van der Waals surface area contributed by atoms with E-state index in [1.165, 1.54) is 18.2 Å². The molecular weight excluding hydrogens is 294 g/mol. The average Bonchev–Trinajstić information content (AvgIpc) is 3.12. The van der Waals surface area contributed by atoms with E-state index in [1.54, 1.807) is 21.7 Å². The summed E-state index contributed by atoms with van der Waals surface area (Å²) in [6.45, 7) is 0.403. The minimum absolute atomic E-state index is 0.0297. The summed E-state index contributed by atoms with van der Waals surface area (Å²) in [4.78, 5) is 1.18. The molecule has 0 amide bonds. The summed E-state index contributed by atoms with van der Waals surface area (Å²) in [7, 11) is -3.56. The number of rotatable bonds is 5. The summed E-state index contributed by atoms with van der Waals surface area (Å²) in [5.74, 6) is -0.0297. The molecule has 106 valence electrons. The maximum Gasteiger partial charge on any atom is 0.243 e. The Bertz CT molecular complexity index is 691. The Kier molecular flexibility index (Phi) is 3.54. The first kappa shape index (κ1) is 13.6. The average molecular weight is 309 g/mol. The van der Waals surface area contributed by atoms with E-state index in [2.05, 4.69) is 0 Å². The van der Waals surface area contributed by atoms with Crippen molar-refractivity contribution in [1.82, 2.24) is 4.31 Å². The van der Waals surface area contributed by atoms with Crippen molar-refractivity contribution in [3.8, 4) is 5.75 Å². The molecule has 1 aliphatic carbocycles. The molecule has 0 radical (unpaired) electrons. The van der Waals surface area contributed by atoms with Crippen LogP contribution in [-0.2, 0) is 16.6 Å². The zero-order valence-electron chi connectivity index (χ0n) is 10.8. The molecule has 1 heterocycles. The standard InChI is InChI=1S/C14H15NO3S2/c16-12-3-1-5-14(9-12)20(17,18)15(11-6-7-11)10-13-4-2-8-19-13/h1-5,8-9,11,16H,6-7,10H2. The molecule has 1 N–H and O–H groups in total. The number of benzene rings is 1. The van der Waals surface area contributed by atoms with Crippen LogP contribution in [0.3, 0.4) is 0 Å². The summed E-state index contributed by atoms with van der Waals surface area (Å²) in [5, 5.41) is 11.4. The molecular formula is C14H15NO3S2. The van der Waals surface area contributed by atoms with Gasteiger partial charge in [-0.15, -0.1) is 11.3 Å². The number of phenols is 1. The van der Waals surface area contributed by atoms with Crippen LogP contribution in [0.2, 0.25) is 0 Å². The van der Waals surface area contributed by atoms with E-state index in [0.29, 0.717) is 6.54 Å². The maximum atomic E-state index is 12.7. The van der Waals surface area contributed by atoms with Crippen LogP contribution in [0.5, 0.6) is 5.75 Å². The molecule has 1 aromatic heterocycles. The Balaban J connectivity index is 1.94. The molecule has 1 saturated carbocycles. The minimum atomic E-state index is -3.56. The lowest BCUT2D eigenvalue weighted by atomic mass is 10.3. The van der Waals surface area contributed by atoms with Gasteiger partial charge in [-0.2, -0.15) is 4.31 Å². The number of phenolic OH excluding ortho intramolecular Hbond substituents is 1. The van der Waals surface area contributed by atoms with Gasteiger partial charge in [0.2, 0.25) is 10.0 Å². The quantitative estimate of drug-likeness (QED) is 0.924. The fourth-order valence-corrected chi connectivity index (χ4v) is 4.60. The second kappa shape index (κ2) is 5.20. The van der Waals surface area contributed by atoms with Gasteiger partial charge in [-0.25, -0.2) is 8.42 Å². The number of thiophene rings is 1. The summed E-state index contributed by atoms with van der Waals surface area (Å²) >= 11 is 1.56. The van der Waals surface area contributed by atoms with E-state index in [9.17, 15) is 13.5 Å². The van der Waals surface area contributed by atoms with E-state index >= 15 is 0 Å². The predicted molar refractivity (Wildman–Crippen MR) is 78.2 cm³/mol. The van der Waals surface area contributed by atoms with Crippen LogP contribution in [0.1, 0.15) is 17.7 Å². The number of hydrogen-bond donors (Lipinski definition) is 1. The van der Waals surface area contributed by atoms with Gasteiger partial charge in [0, 0.05) is 17.5 Å². The zero-order chi connectivity index (χ0) is 14.2. The van der Waals surface area contributed by atoms with E-state index in [-0.39, 0.29) is 16.7 Å². The van der Waals surface area contributed by atoms with E-state index in [4.69, 9.17) is 0 Å². The molecule has 0 unspecified atom stereocenters. The Hall–Kier alpha value is -1.37. The van der Waals surface area contributed by atoms with Gasteiger partial charge in [-0.1, -0.05) is 12.1 Å². The molecule has 20 heavy (non-hydrogen) atoms. The first-order valence-electron chi connectivity index (χ1n) is 6.40. The first-order chi connectivity index (χ1) is 9.57. The largest absolute Gasteiger partial charge is 0.508 e. The van der Waals surface area contributed by atoms with Crippen molar-refractivity contribution >= 4 is 21.4 Å². The van der Waals surface area contributed by atoms with Crippen molar-refractivity contribution < 1.29 is 13.5 Å². The molecule has 3 rings (SSSR count). The van der Waals surface area contributed by atoms with Gasteiger partial charge in [-0.3, -0.25) is 0 Å². The summed E-state index contributed by atoms with van der Waals surface area (Å²) in [6.07, 6.45) is 1.81. The lowest BCUT2D eigenvalue weighted by Crippen LogP contribution is -2.32. The normalized spacial score (nSPS) is 15.7. The Morgan fingerprint density at radius 1 is 1.25 bits per heavy atom. The van der Waals surface area contributed by atoms with Crippen LogP contribution >= 0.6 is 11.3 Å². The van der Waals surface area contributed by atoms with Gasteiger partial charge < -0.3 is 5.11 Å². The van der Waals surface area contributed by atoms with E-state index < -0.39 is 10.0 Å². The number of aromatic hydroxyl groups is 1. The predicted octanol–water partition coefficient (Wildman–Crippen LogP) is 2.81. The highest BCUT2D eigenvalue weighted by Crippen LogP contribution is 2.34. The molecule has 0 aliphatic heterocycles. The second-order valence-electron chi connectivity index (χ2n) is 4.86. The number of sulfonamides is 1. The highest BCUT2D eigenvalue weighted by molar-refractivity contribution is 7.89. The monoisotopic (exact) mass is 309 g/mol. The van der Waals surface area contributed by atoms with Crippen molar-refractivity contribution in [2.75, 3.05) is 0 Å². The molecule has 0 spiro atoms. The molecule has 1 aromatic carbocycles. The third-order valence-electron chi connectivity index (χ3n) is 3.27. The molecule has 4 nitrogen and oxygen atoms in total. The Labute approximate surface area is 122 Å². The van der Waals surface area contributed by atoms with Crippen molar-refractivity contribution in [2.45, 2.75) is 30.3 Å². The topological polar surface area (TPSA) is 57.6 Å². The van der Waals surface area contributed by atoms with E-state index in [1.807, 2.05) is 17.5 Å². The molecule has 1 fully saturated rings. The zero-order valence-corrected chi connectivity index (χ0v) is 12.4. The molecule has 0 bridgehead atoms. The summed E-state index contributed by atoms with van der Waals surface area (Å²) < 4.78 is 27.0. The fourth-order valence-electron chi connectivity index (χ4n) is 2.11. The fraction of sp³-hybridized carbons (Fsp3) is 0.286. The Morgan fingerprint density at radius 3 is 2.65 bits per heavy atom. The molecule has 0 saturated heterocycles. The molecule has 6 heteroatoms. The van der Waals surface area contributed by atoms with Crippen LogP contribution < -0.4 is 0 Å². The van der Waals surface area contributed by atoms with Gasteiger partial charge in [0.15, 0.2) is 0 Å². The van der Waals surface area contributed by atoms with Gasteiger partial charge in [0.05, 0.1) is 4.90 Å². The van der Waals surface area contributed by atoms with Crippen molar-refractivity contribution in [3.05, 3.63) is 46.7 Å². The van der Waals surface area contributed by atoms with Gasteiger partial charge >= 0.3 is 0 Å². The smallest absolute Gasteiger partial charge is 0.243 e. The second-order valence-corrected chi connectivity index (χ2v) is 7.78. The van der Waals surface area contributed by atoms with E-state index in [0.717, 1.165) is 17.7 Å². The van der Waals surface area contributed by atoms with Crippen molar-refractivity contribution in [1.29, 1.82) is 0 Å². The SMILES string of the molecule is O=S(=O)(c1cccc(O)c1)N(Cc1cccs1)C1CC1. The highest BCUT2D eigenvalue weighted by atomic mass is 32.2. The van der Waals surface area contributed by atoms with Crippen LogP contribution in [0.15, 0.2) is 46.7 Å². The number of nitrogens with zero attached hydrogens (tertiary/aromatic N) is 1. The Morgan fingerprint density at radius 2 is 2.05 bits per heavy atom. The van der Waals surface area contributed by atoms with Crippen molar-refractivity contribution in [2.24, 2.45) is 0 Å². The van der Waals surface area contributed by atoms with Crippen LogP contribution in [0, 0.1) is 0 Å². The summed E-state index contributed by atoms with van der Waals surface area (Å²) in [5.41, 5.74) is 0. The maximum absolute atomic E-state index is 12.7. The third kappa shape index (κ3) is 2.72. The van der Waals surface area contributed by atoms with Crippen LogP contribution in [0.25, 0.3) is 0 Å². The molecule has 1 aliphatic rings. The lowest BCUT2D eigenvalue weighted by Gasteiger charge is -2.21. The highest BCUT2D eigenvalue weighted by Gasteiger charge is 2.38. The van der Waals surface area contributed by atoms with Crippen LogP contribution in [0.4, 0.5) is 0 Å². The minimum Gasteiger partial charge on any atom is -0.508 e. The molecule has 2 aromatic rings. The van der Waals surface area contributed by atoms with Crippen molar-refractivity contribution in [3.63, 3.8) is 0 Å². The summed E-state index contributed by atoms with van der Waals surface area (Å²) in [6, 6.07) is 9.81. The third-order valence-corrected chi connectivity index (χ3v) is 6.03. The van der Waals surface area contributed by atoms with Gasteiger partial charge in [-0.05, 0) is 42.5 Å². The first-order valence-corrected chi connectivity index (χ1v) is 8.72. The van der Waals surface area contributed by atoms with Gasteiger partial charge in [0.1, 0.15) is 5.75 Å². The molecule has 0 atom stereocenters. The lowest BCUT2D eigenvalue weighted by molar-refractivity contribution is 0.400. The number of hydrogen-bond acceptors (Lipinski definition) is 4. The van der Waals surface area contributed by atoms with Gasteiger partial charge in [0.25, 0.3) is 0 Å².